The molecule has 1 rings (SSSR count). The number of rotatable bonds is 2. The summed E-state index contributed by atoms with van der Waals surface area (Å²) in [5.74, 6) is 0.671. The Bertz CT molecular complexity index is 69.4. The largest absolute Gasteiger partial charge is 0.384 e. The van der Waals surface area contributed by atoms with Crippen molar-refractivity contribution in [1.29, 1.82) is 0 Å². The minimum Gasteiger partial charge on any atom is -0.384 e. The summed E-state index contributed by atoms with van der Waals surface area (Å²) in [5, 5.41) is 0. The van der Waals surface area contributed by atoms with Crippen LogP contribution in [0.2, 0.25) is 0 Å². The summed E-state index contributed by atoms with van der Waals surface area (Å²) < 4.78 is 4.86. The second-order valence-corrected chi connectivity index (χ2v) is 2.11. The van der Waals surface area contributed by atoms with Crippen molar-refractivity contribution in [2.75, 3.05) is 13.7 Å². The molecule has 0 heterocycles. The first-order valence-electron chi connectivity index (χ1n) is 2.59. The highest BCUT2D eigenvalue weighted by Crippen LogP contribution is 2.27. The standard InChI is InChI=1S/C5H11NO.ClH/c1-7-3-4-2-5(4)6;/h4-5H,2-3,6H2,1H3;1H. The van der Waals surface area contributed by atoms with Crippen LogP contribution in [0.3, 0.4) is 0 Å². The molecule has 0 bridgehead atoms. The van der Waals surface area contributed by atoms with Gasteiger partial charge < -0.3 is 10.5 Å². The van der Waals surface area contributed by atoms with Crippen molar-refractivity contribution in [2.45, 2.75) is 12.5 Å². The second kappa shape index (κ2) is 3.28. The number of nitrogens with two attached hydrogens (primary N) is 1. The van der Waals surface area contributed by atoms with Gasteiger partial charge in [-0.15, -0.1) is 12.4 Å². The van der Waals surface area contributed by atoms with E-state index in [9.17, 15) is 0 Å². The van der Waals surface area contributed by atoms with Gasteiger partial charge in [0.05, 0.1) is 6.61 Å². The van der Waals surface area contributed by atoms with Gasteiger partial charge in [-0.05, 0) is 12.3 Å². The Hall–Kier alpha value is 0.210. The summed E-state index contributed by atoms with van der Waals surface area (Å²) in [6.07, 6.45) is 1.16. The Balaban J connectivity index is 0.000000490. The predicted molar refractivity (Wildman–Crippen MR) is 35.2 cm³/mol. The lowest BCUT2D eigenvalue weighted by Gasteiger charge is -1.89. The quantitative estimate of drug-likeness (QED) is 0.598. The molecule has 1 saturated carbocycles. The molecule has 2 nitrogen and oxygen atoms in total. The lowest BCUT2D eigenvalue weighted by molar-refractivity contribution is 0.184. The maximum Gasteiger partial charge on any atom is 0.0505 e. The highest BCUT2D eigenvalue weighted by Gasteiger charge is 2.32. The van der Waals surface area contributed by atoms with Crippen LogP contribution in [0.15, 0.2) is 0 Å². The summed E-state index contributed by atoms with van der Waals surface area (Å²) >= 11 is 0. The zero-order chi connectivity index (χ0) is 5.28. The number of halogens is 1. The van der Waals surface area contributed by atoms with Crippen molar-refractivity contribution >= 4 is 12.4 Å². The van der Waals surface area contributed by atoms with Crippen LogP contribution in [0.4, 0.5) is 0 Å². The van der Waals surface area contributed by atoms with Crippen LogP contribution < -0.4 is 5.73 Å². The Kier molecular flexibility index (Phi) is 3.36. The van der Waals surface area contributed by atoms with E-state index >= 15 is 0 Å². The van der Waals surface area contributed by atoms with E-state index in [1.54, 1.807) is 7.11 Å². The van der Waals surface area contributed by atoms with Gasteiger partial charge in [0, 0.05) is 13.2 Å². The van der Waals surface area contributed by atoms with Crippen LogP contribution in [0, 0.1) is 5.92 Å². The molecule has 0 aromatic heterocycles. The van der Waals surface area contributed by atoms with E-state index < -0.39 is 0 Å². The topological polar surface area (TPSA) is 35.2 Å². The van der Waals surface area contributed by atoms with Crippen LogP contribution in [0.25, 0.3) is 0 Å². The van der Waals surface area contributed by atoms with E-state index in [0.29, 0.717) is 12.0 Å². The van der Waals surface area contributed by atoms with E-state index in [1.807, 2.05) is 0 Å². The molecule has 0 aromatic carbocycles. The van der Waals surface area contributed by atoms with Crippen molar-refractivity contribution in [3.63, 3.8) is 0 Å². The van der Waals surface area contributed by atoms with Gasteiger partial charge in [-0.3, -0.25) is 0 Å². The molecular formula is C5H12ClNO. The molecular weight excluding hydrogens is 126 g/mol. The maximum atomic E-state index is 5.47. The predicted octanol–water partition coefficient (Wildman–Crippen LogP) is 0.402. The van der Waals surface area contributed by atoms with Crippen LogP contribution in [-0.4, -0.2) is 19.8 Å². The first-order chi connectivity index (χ1) is 3.34. The zero-order valence-electron chi connectivity index (χ0n) is 4.96. The van der Waals surface area contributed by atoms with Crippen LogP contribution in [0.1, 0.15) is 6.42 Å². The molecule has 0 amide bonds. The Morgan fingerprint density at radius 3 is 2.38 bits per heavy atom. The lowest BCUT2D eigenvalue weighted by Crippen LogP contribution is -2.05. The van der Waals surface area contributed by atoms with Crippen molar-refractivity contribution in [3.05, 3.63) is 0 Å². The first kappa shape index (κ1) is 8.21. The van der Waals surface area contributed by atoms with Crippen molar-refractivity contribution in [2.24, 2.45) is 11.7 Å². The molecule has 8 heavy (non-hydrogen) atoms. The van der Waals surface area contributed by atoms with E-state index in [-0.39, 0.29) is 12.4 Å². The monoisotopic (exact) mass is 137 g/mol. The van der Waals surface area contributed by atoms with Gasteiger partial charge in [0.2, 0.25) is 0 Å². The summed E-state index contributed by atoms with van der Waals surface area (Å²) in [6.45, 7) is 0.848. The third-order valence-corrected chi connectivity index (χ3v) is 1.36. The molecule has 0 aromatic rings. The number of hydrogen-bond acceptors (Lipinski definition) is 2. The summed E-state index contributed by atoms with van der Waals surface area (Å²) in [5.41, 5.74) is 5.47. The van der Waals surface area contributed by atoms with Crippen LogP contribution in [-0.2, 0) is 4.74 Å². The minimum absolute atomic E-state index is 0. The van der Waals surface area contributed by atoms with Gasteiger partial charge in [-0.25, -0.2) is 0 Å². The molecule has 3 heteroatoms. The van der Waals surface area contributed by atoms with Gasteiger partial charge in [0.15, 0.2) is 0 Å². The highest BCUT2D eigenvalue weighted by molar-refractivity contribution is 5.85. The fourth-order valence-electron chi connectivity index (χ4n) is 0.677. The van der Waals surface area contributed by atoms with Gasteiger partial charge in [0.25, 0.3) is 0 Å². The first-order valence-corrected chi connectivity index (χ1v) is 2.59. The molecule has 0 radical (unpaired) electrons. The smallest absolute Gasteiger partial charge is 0.0505 e. The van der Waals surface area contributed by atoms with E-state index in [0.717, 1.165) is 13.0 Å². The normalized spacial score (nSPS) is 33.8. The fourth-order valence-corrected chi connectivity index (χ4v) is 0.677. The van der Waals surface area contributed by atoms with E-state index in [1.165, 1.54) is 0 Å². The minimum atomic E-state index is 0. The summed E-state index contributed by atoms with van der Waals surface area (Å²) in [7, 11) is 1.71. The maximum absolute atomic E-state index is 5.47. The molecule has 0 aliphatic heterocycles. The Labute approximate surface area is 55.8 Å². The molecule has 1 fully saturated rings. The van der Waals surface area contributed by atoms with Crippen LogP contribution >= 0.6 is 12.4 Å². The summed E-state index contributed by atoms with van der Waals surface area (Å²) in [4.78, 5) is 0. The van der Waals surface area contributed by atoms with Gasteiger partial charge >= 0.3 is 0 Å². The molecule has 1 aliphatic rings. The second-order valence-electron chi connectivity index (χ2n) is 2.11. The van der Waals surface area contributed by atoms with E-state index in [4.69, 9.17) is 10.5 Å². The number of hydrogen-bond donors (Lipinski definition) is 1. The molecule has 2 unspecified atom stereocenters. The summed E-state index contributed by atoms with van der Waals surface area (Å²) in [6, 6.07) is 0.444. The lowest BCUT2D eigenvalue weighted by atomic mass is 10.4. The fraction of sp³-hybridized carbons (Fsp3) is 1.00. The molecule has 2 atom stereocenters. The molecule has 50 valence electrons. The molecule has 0 spiro atoms. The van der Waals surface area contributed by atoms with Gasteiger partial charge in [0.1, 0.15) is 0 Å². The van der Waals surface area contributed by atoms with Gasteiger partial charge in [-0.1, -0.05) is 0 Å². The van der Waals surface area contributed by atoms with Crippen molar-refractivity contribution < 1.29 is 4.74 Å². The third-order valence-electron chi connectivity index (χ3n) is 1.36. The number of ether oxygens (including phenoxy) is 1. The van der Waals surface area contributed by atoms with Crippen molar-refractivity contribution in [1.82, 2.24) is 0 Å². The average molecular weight is 138 g/mol. The number of methoxy groups -OCH3 is 1. The SMILES string of the molecule is COCC1CC1N.Cl. The average Bonchev–Trinajstić information content (AvgIpc) is 2.22. The van der Waals surface area contributed by atoms with Gasteiger partial charge in [-0.2, -0.15) is 0 Å². The van der Waals surface area contributed by atoms with E-state index in [2.05, 4.69) is 0 Å². The van der Waals surface area contributed by atoms with Crippen molar-refractivity contribution in [3.8, 4) is 0 Å². The molecule has 1 aliphatic carbocycles. The zero-order valence-corrected chi connectivity index (χ0v) is 5.78. The van der Waals surface area contributed by atoms with Crippen LogP contribution in [0.5, 0.6) is 0 Å². The Morgan fingerprint density at radius 2 is 2.25 bits per heavy atom. The third kappa shape index (κ3) is 1.99. The Morgan fingerprint density at radius 1 is 1.75 bits per heavy atom. The molecule has 0 saturated heterocycles. The molecule has 2 N–H and O–H groups in total. The highest BCUT2D eigenvalue weighted by atomic mass is 35.5.